The normalized spacial score (nSPS) is 16.8. The molecule has 0 nitrogen and oxygen atoms in total. The molecule has 5 heteroatoms. The third kappa shape index (κ3) is 2.24. The van der Waals surface area contributed by atoms with Crippen LogP contribution in [-0.4, -0.2) is 0 Å². The summed E-state index contributed by atoms with van der Waals surface area (Å²) in [5, 5.41) is 0.762. The summed E-state index contributed by atoms with van der Waals surface area (Å²) in [5.74, 6) is 0.174. The predicted octanol–water partition coefficient (Wildman–Crippen LogP) is 2.26. The zero-order valence-corrected chi connectivity index (χ0v) is 11.3. The van der Waals surface area contributed by atoms with Crippen LogP contribution in [0.4, 0.5) is 13.2 Å². The van der Waals surface area contributed by atoms with Gasteiger partial charge in [0.15, 0.2) is 9.58 Å². The SMILES string of the molecule is Cc1ccc2cc(C3CC3)[s+](C(F)(F)F)c2c1.[Cl-]. The second kappa shape index (κ2) is 4.42. The number of fused-ring (bicyclic) bond motifs is 1. The van der Waals surface area contributed by atoms with Gasteiger partial charge >= 0.3 is 5.51 Å². The molecule has 1 aliphatic rings. The Morgan fingerprint density at radius 3 is 2.39 bits per heavy atom. The molecule has 1 saturated carbocycles. The van der Waals surface area contributed by atoms with Crippen LogP contribution in [0.25, 0.3) is 10.1 Å². The number of halogens is 4. The molecule has 1 fully saturated rings. The molecule has 0 amide bonds. The minimum Gasteiger partial charge on any atom is -1.00 e. The van der Waals surface area contributed by atoms with E-state index in [0.717, 1.165) is 23.8 Å². The Kier molecular flexibility index (Phi) is 3.36. The summed E-state index contributed by atoms with van der Waals surface area (Å²) in [5.41, 5.74) is -3.23. The largest absolute Gasteiger partial charge is 1.00 e. The molecule has 0 bridgehead atoms. The number of alkyl halides is 3. The molecule has 1 atom stereocenters. The van der Waals surface area contributed by atoms with E-state index in [0.29, 0.717) is 9.58 Å². The predicted molar refractivity (Wildman–Crippen MR) is 64.4 cm³/mol. The molecule has 0 spiro atoms. The summed E-state index contributed by atoms with van der Waals surface area (Å²) < 4.78 is 40.0. The number of hydrogen-bond donors (Lipinski definition) is 0. The average molecular weight is 293 g/mol. The fraction of sp³-hybridized carbons (Fsp3) is 0.385. The lowest BCUT2D eigenvalue weighted by molar-refractivity contribution is -0.0867. The van der Waals surface area contributed by atoms with Crippen molar-refractivity contribution in [2.75, 3.05) is 0 Å². The molecule has 0 aliphatic heterocycles. The van der Waals surface area contributed by atoms with Crippen LogP contribution in [0.3, 0.4) is 0 Å². The van der Waals surface area contributed by atoms with Gasteiger partial charge < -0.3 is 12.4 Å². The van der Waals surface area contributed by atoms with Gasteiger partial charge in [-0.15, -0.1) is 13.2 Å². The lowest BCUT2D eigenvalue weighted by Gasteiger charge is -1.99. The maximum absolute atomic E-state index is 13.2. The van der Waals surface area contributed by atoms with Gasteiger partial charge in [0, 0.05) is 23.4 Å². The standard InChI is InChI=1S/C13H12F3S.ClH/c1-8-2-3-10-7-12(9-4-5-9)17(11(10)6-8)13(14,15)16;/h2-3,6-7,9H,4-5H2,1H3;1H/q+1;/p-1. The van der Waals surface area contributed by atoms with Crippen molar-refractivity contribution in [3.8, 4) is 0 Å². The molecule has 1 aromatic heterocycles. The van der Waals surface area contributed by atoms with E-state index in [1.54, 1.807) is 12.1 Å². The molecule has 1 aromatic carbocycles. The van der Waals surface area contributed by atoms with E-state index in [4.69, 9.17) is 0 Å². The van der Waals surface area contributed by atoms with Crippen LogP contribution >= 0.6 is 10.5 Å². The Balaban J connectivity index is 0.00000120. The number of thiophene rings is 1. The fourth-order valence-corrected chi connectivity index (χ4v) is 4.44. The molecule has 3 rings (SSSR count). The van der Waals surface area contributed by atoms with Gasteiger partial charge in [-0.1, -0.05) is 6.07 Å². The Morgan fingerprint density at radius 1 is 1.17 bits per heavy atom. The van der Waals surface area contributed by atoms with Crippen molar-refractivity contribution in [3.05, 3.63) is 34.7 Å². The summed E-state index contributed by atoms with van der Waals surface area (Å²) in [6.07, 6.45) is 1.83. The van der Waals surface area contributed by atoms with Crippen molar-refractivity contribution in [1.29, 1.82) is 0 Å². The van der Waals surface area contributed by atoms with Gasteiger partial charge in [-0.3, -0.25) is 0 Å². The summed E-state index contributed by atoms with van der Waals surface area (Å²) in [7, 11) is -1.67. The zero-order valence-electron chi connectivity index (χ0n) is 9.72. The number of aryl methyl sites for hydroxylation is 1. The van der Waals surface area contributed by atoms with Crippen LogP contribution in [0.5, 0.6) is 0 Å². The van der Waals surface area contributed by atoms with Crippen LogP contribution < -0.4 is 12.4 Å². The van der Waals surface area contributed by atoms with Gasteiger partial charge in [0.1, 0.15) is 0 Å². The molecule has 0 saturated heterocycles. The molecule has 98 valence electrons. The lowest BCUT2D eigenvalue weighted by Crippen LogP contribution is -3.00. The Bertz CT molecular complexity index is 582. The highest BCUT2D eigenvalue weighted by molar-refractivity contribution is 7.38. The van der Waals surface area contributed by atoms with Gasteiger partial charge in [-0.25, -0.2) is 0 Å². The first-order valence-electron chi connectivity index (χ1n) is 5.60. The van der Waals surface area contributed by atoms with Crippen LogP contribution in [0.15, 0.2) is 24.3 Å². The molecule has 2 aromatic rings. The minimum atomic E-state index is -4.13. The topological polar surface area (TPSA) is 0 Å². The smallest absolute Gasteiger partial charge is 0.600 e. The van der Waals surface area contributed by atoms with E-state index in [-0.39, 0.29) is 18.3 Å². The highest BCUT2D eigenvalue weighted by atomic mass is 35.5. The van der Waals surface area contributed by atoms with Crippen molar-refractivity contribution < 1.29 is 25.6 Å². The molecular formula is C13H12ClF3S. The van der Waals surface area contributed by atoms with Gasteiger partial charge in [0.25, 0.3) is 0 Å². The first-order valence-corrected chi connectivity index (χ1v) is 6.82. The Labute approximate surface area is 112 Å². The van der Waals surface area contributed by atoms with Crippen molar-refractivity contribution in [2.45, 2.75) is 31.2 Å². The quantitative estimate of drug-likeness (QED) is 0.707. The van der Waals surface area contributed by atoms with E-state index < -0.39 is 16.0 Å². The van der Waals surface area contributed by atoms with Crippen LogP contribution in [0, 0.1) is 6.92 Å². The molecule has 1 unspecified atom stereocenters. The zero-order chi connectivity index (χ0) is 12.2. The Hall–Kier alpha value is -0.740. The lowest BCUT2D eigenvalue weighted by atomic mass is 10.2. The number of benzene rings is 1. The second-order valence-electron chi connectivity index (χ2n) is 4.61. The van der Waals surface area contributed by atoms with Crippen molar-refractivity contribution in [3.63, 3.8) is 0 Å². The molecule has 0 N–H and O–H groups in total. The van der Waals surface area contributed by atoms with Crippen molar-refractivity contribution >= 4 is 20.6 Å². The molecule has 1 aliphatic carbocycles. The van der Waals surface area contributed by atoms with Gasteiger partial charge in [0.2, 0.25) is 0 Å². The summed E-state index contributed by atoms with van der Waals surface area (Å²) in [6, 6.07) is 7.15. The van der Waals surface area contributed by atoms with E-state index in [9.17, 15) is 13.2 Å². The molecule has 0 radical (unpaired) electrons. The number of hydrogen-bond acceptors (Lipinski definition) is 0. The van der Waals surface area contributed by atoms with Crippen LogP contribution in [0.2, 0.25) is 0 Å². The van der Waals surface area contributed by atoms with E-state index in [1.807, 2.05) is 19.1 Å². The van der Waals surface area contributed by atoms with E-state index >= 15 is 0 Å². The summed E-state index contributed by atoms with van der Waals surface area (Å²) >= 11 is 0. The fourth-order valence-electron chi connectivity index (χ4n) is 2.19. The van der Waals surface area contributed by atoms with Crippen LogP contribution in [-0.2, 0) is 5.51 Å². The summed E-state index contributed by atoms with van der Waals surface area (Å²) in [6.45, 7) is 1.84. The summed E-state index contributed by atoms with van der Waals surface area (Å²) in [4.78, 5) is 0.609. The third-order valence-electron chi connectivity index (χ3n) is 3.13. The van der Waals surface area contributed by atoms with Crippen LogP contribution in [0.1, 0.15) is 29.2 Å². The van der Waals surface area contributed by atoms with Gasteiger partial charge in [-0.05, 0) is 31.4 Å². The Morgan fingerprint density at radius 2 is 1.83 bits per heavy atom. The molecule has 18 heavy (non-hydrogen) atoms. The van der Waals surface area contributed by atoms with Gasteiger partial charge in [-0.2, -0.15) is 0 Å². The van der Waals surface area contributed by atoms with Gasteiger partial charge in [0.05, 0.1) is 10.5 Å². The molecule has 1 heterocycles. The van der Waals surface area contributed by atoms with E-state index in [2.05, 4.69) is 0 Å². The molecular weight excluding hydrogens is 281 g/mol. The highest BCUT2D eigenvalue weighted by Crippen LogP contribution is 2.57. The average Bonchev–Trinajstić information content (AvgIpc) is 2.97. The first-order chi connectivity index (χ1) is 7.97. The third-order valence-corrected chi connectivity index (χ3v) is 5.31. The minimum absolute atomic E-state index is 0. The highest BCUT2D eigenvalue weighted by Gasteiger charge is 2.51. The first kappa shape index (κ1) is 13.7. The second-order valence-corrected chi connectivity index (χ2v) is 6.60. The number of rotatable bonds is 1. The maximum atomic E-state index is 13.2. The maximum Gasteiger partial charge on any atom is 0.600 e. The van der Waals surface area contributed by atoms with Crippen molar-refractivity contribution in [2.24, 2.45) is 0 Å². The van der Waals surface area contributed by atoms with Crippen molar-refractivity contribution in [1.82, 2.24) is 0 Å². The van der Waals surface area contributed by atoms with E-state index in [1.165, 1.54) is 0 Å². The monoisotopic (exact) mass is 292 g/mol.